The van der Waals surface area contributed by atoms with Crippen LogP contribution in [-0.4, -0.2) is 31.0 Å². The second-order valence-corrected chi connectivity index (χ2v) is 7.40. The molecule has 0 unspecified atom stereocenters. The van der Waals surface area contributed by atoms with E-state index in [1.807, 2.05) is 19.1 Å². The van der Waals surface area contributed by atoms with Crippen molar-refractivity contribution >= 4 is 21.7 Å². The molecule has 1 aromatic heterocycles. The maximum atomic E-state index is 13.2. The summed E-state index contributed by atoms with van der Waals surface area (Å²) in [6.45, 7) is 7.32. The van der Waals surface area contributed by atoms with Gasteiger partial charge in [0.1, 0.15) is 5.69 Å². The Kier molecular flexibility index (Phi) is 4.94. The van der Waals surface area contributed by atoms with Crippen molar-refractivity contribution in [1.82, 2.24) is 4.98 Å². The van der Waals surface area contributed by atoms with Crippen LogP contribution in [0.15, 0.2) is 35.4 Å². The minimum absolute atomic E-state index is 0.179. The number of benzene rings is 1. The number of hydrogen-bond donors (Lipinski definition) is 1. The topological polar surface area (TPSA) is 87.6 Å². The lowest BCUT2D eigenvalue weighted by molar-refractivity contribution is 0.0690. The predicted molar refractivity (Wildman–Crippen MR) is 92.1 cm³/mol. The first-order valence-corrected chi connectivity index (χ1v) is 8.92. The highest BCUT2D eigenvalue weighted by Gasteiger charge is 2.27. The number of aryl methyl sites for hydroxylation is 3. The van der Waals surface area contributed by atoms with Gasteiger partial charge in [-0.1, -0.05) is 17.7 Å². The molecule has 24 heavy (non-hydrogen) atoms. The van der Waals surface area contributed by atoms with Crippen LogP contribution in [-0.2, 0) is 10.0 Å². The standard InChI is InChI=1S/C17H20N2O4S/c1-5-19(14-6-7-18-15(10-14)17(20)21)24(22,23)16-12(3)8-11(2)9-13(16)4/h6-10H,5H2,1-4H3,(H,20,21). The number of aromatic carboxylic acids is 1. The van der Waals surface area contributed by atoms with Crippen molar-refractivity contribution in [2.75, 3.05) is 10.8 Å². The molecule has 128 valence electrons. The van der Waals surface area contributed by atoms with Crippen LogP contribution < -0.4 is 4.31 Å². The summed E-state index contributed by atoms with van der Waals surface area (Å²) in [6.07, 6.45) is 1.30. The van der Waals surface area contributed by atoms with E-state index in [2.05, 4.69) is 4.98 Å². The molecule has 2 aromatic rings. The van der Waals surface area contributed by atoms with Gasteiger partial charge in [0.15, 0.2) is 0 Å². The Balaban J connectivity index is 2.62. The molecule has 0 amide bonds. The average Bonchev–Trinajstić information content (AvgIpc) is 2.46. The molecule has 0 saturated carbocycles. The first-order valence-electron chi connectivity index (χ1n) is 7.48. The highest BCUT2D eigenvalue weighted by atomic mass is 32.2. The summed E-state index contributed by atoms with van der Waals surface area (Å²) in [6, 6.07) is 6.40. The number of carboxylic acids is 1. The number of hydrogen-bond acceptors (Lipinski definition) is 4. The second-order valence-electron chi connectivity index (χ2n) is 5.60. The molecule has 0 radical (unpaired) electrons. The van der Waals surface area contributed by atoms with E-state index in [0.717, 1.165) is 5.56 Å². The Morgan fingerprint density at radius 3 is 2.25 bits per heavy atom. The Bertz CT molecular complexity index is 868. The molecule has 0 spiro atoms. The van der Waals surface area contributed by atoms with Crippen LogP contribution in [0.3, 0.4) is 0 Å². The van der Waals surface area contributed by atoms with E-state index in [4.69, 9.17) is 5.11 Å². The summed E-state index contributed by atoms with van der Waals surface area (Å²) in [5, 5.41) is 9.07. The third-order valence-electron chi connectivity index (χ3n) is 3.69. The number of pyridine rings is 1. The van der Waals surface area contributed by atoms with Gasteiger partial charge in [-0.15, -0.1) is 0 Å². The van der Waals surface area contributed by atoms with Gasteiger partial charge in [-0.05, 0) is 51.0 Å². The number of sulfonamides is 1. The maximum Gasteiger partial charge on any atom is 0.354 e. The summed E-state index contributed by atoms with van der Waals surface area (Å²) in [5.41, 5.74) is 2.41. The molecule has 1 N–H and O–H groups in total. The molecule has 0 aliphatic rings. The van der Waals surface area contributed by atoms with Crippen molar-refractivity contribution in [2.45, 2.75) is 32.6 Å². The molecule has 0 aliphatic heterocycles. The van der Waals surface area contributed by atoms with Gasteiger partial charge < -0.3 is 5.11 Å². The zero-order valence-electron chi connectivity index (χ0n) is 14.1. The van der Waals surface area contributed by atoms with E-state index in [0.29, 0.717) is 11.1 Å². The Hall–Kier alpha value is -2.41. The van der Waals surface area contributed by atoms with Crippen LogP contribution in [0.5, 0.6) is 0 Å². The summed E-state index contributed by atoms with van der Waals surface area (Å²) < 4.78 is 27.5. The van der Waals surface area contributed by atoms with E-state index in [-0.39, 0.29) is 22.8 Å². The SMILES string of the molecule is CCN(c1ccnc(C(=O)O)c1)S(=O)(=O)c1c(C)cc(C)cc1C. The zero-order valence-corrected chi connectivity index (χ0v) is 14.9. The molecule has 7 heteroatoms. The van der Waals surface area contributed by atoms with Crippen LogP contribution in [0.4, 0.5) is 5.69 Å². The lowest BCUT2D eigenvalue weighted by Gasteiger charge is -2.25. The van der Waals surface area contributed by atoms with Gasteiger partial charge in [-0.2, -0.15) is 0 Å². The summed E-state index contributed by atoms with van der Waals surface area (Å²) >= 11 is 0. The molecule has 0 atom stereocenters. The smallest absolute Gasteiger partial charge is 0.354 e. The predicted octanol–water partition coefficient (Wildman–Crippen LogP) is 2.92. The highest BCUT2D eigenvalue weighted by molar-refractivity contribution is 7.93. The number of anilines is 1. The third-order valence-corrected chi connectivity index (χ3v) is 5.90. The molecule has 0 aliphatic carbocycles. The van der Waals surface area contributed by atoms with Crippen LogP contribution >= 0.6 is 0 Å². The minimum Gasteiger partial charge on any atom is -0.477 e. The van der Waals surface area contributed by atoms with Crippen LogP contribution in [0.1, 0.15) is 34.1 Å². The van der Waals surface area contributed by atoms with E-state index >= 15 is 0 Å². The monoisotopic (exact) mass is 348 g/mol. The number of aromatic nitrogens is 1. The van der Waals surface area contributed by atoms with Gasteiger partial charge in [0.05, 0.1) is 10.6 Å². The van der Waals surface area contributed by atoms with E-state index in [9.17, 15) is 13.2 Å². The van der Waals surface area contributed by atoms with Crippen molar-refractivity contribution in [2.24, 2.45) is 0 Å². The largest absolute Gasteiger partial charge is 0.477 e. The van der Waals surface area contributed by atoms with Crippen molar-refractivity contribution < 1.29 is 18.3 Å². The molecule has 2 rings (SSSR count). The fourth-order valence-electron chi connectivity index (χ4n) is 2.87. The quantitative estimate of drug-likeness (QED) is 0.897. The maximum absolute atomic E-state index is 13.2. The molecule has 0 bridgehead atoms. The Labute approximate surface area is 141 Å². The molecule has 1 aromatic carbocycles. The van der Waals surface area contributed by atoms with Crippen LogP contribution in [0.25, 0.3) is 0 Å². The number of rotatable bonds is 5. The summed E-state index contributed by atoms with van der Waals surface area (Å²) in [5.74, 6) is -1.20. The van der Waals surface area contributed by atoms with Crippen molar-refractivity contribution in [3.05, 3.63) is 52.8 Å². The average molecular weight is 348 g/mol. The molecule has 1 heterocycles. The molecule has 6 nitrogen and oxygen atoms in total. The van der Waals surface area contributed by atoms with E-state index < -0.39 is 16.0 Å². The Morgan fingerprint density at radius 2 is 1.75 bits per heavy atom. The lowest BCUT2D eigenvalue weighted by atomic mass is 10.1. The van der Waals surface area contributed by atoms with E-state index in [1.165, 1.54) is 22.6 Å². The fourth-order valence-corrected chi connectivity index (χ4v) is 4.75. The number of nitrogens with zero attached hydrogens (tertiary/aromatic N) is 2. The van der Waals surface area contributed by atoms with Crippen LogP contribution in [0, 0.1) is 20.8 Å². The van der Waals surface area contributed by atoms with Crippen LogP contribution in [0.2, 0.25) is 0 Å². The second kappa shape index (κ2) is 6.60. The lowest BCUT2D eigenvalue weighted by Crippen LogP contribution is -2.32. The van der Waals surface area contributed by atoms with E-state index in [1.54, 1.807) is 20.8 Å². The van der Waals surface area contributed by atoms with Gasteiger partial charge in [0.2, 0.25) is 0 Å². The molecular formula is C17H20N2O4S. The molecule has 0 saturated heterocycles. The van der Waals surface area contributed by atoms with Crippen molar-refractivity contribution in [1.29, 1.82) is 0 Å². The highest BCUT2D eigenvalue weighted by Crippen LogP contribution is 2.29. The minimum atomic E-state index is -3.81. The normalized spacial score (nSPS) is 11.3. The third kappa shape index (κ3) is 3.26. The van der Waals surface area contributed by atoms with Crippen molar-refractivity contribution in [3.63, 3.8) is 0 Å². The zero-order chi connectivity index (χ0) is 18.1. The Morgan fingerprint density at radius 1 is 1.17 bits per heavy atom. The number of carboxylic acid groups (broad SMARTS) is 1. The van der Waals surface area contributed by atoms with Gasteiger partial charge in [-0.25, -0.2) is 18.2 Å². The van der Waals surface area contributed by atoms with Gasteiger partial charge in [0, 0.05) is 12.7 Å². The van der Waals surface area contributed by atoms with Gasteiger partial charge in [-0.3, -0.25) is 4.31 Å². The van der Waals surface area contributed by atoms with Crippen molar-refractivity contribution in [3.8, 4) is 0 Å². The molecular weight excluding hydrogens is 328 g/mol. The van der Waals surface area contributed by atoms with Gasteiger partial charge >= 0.3 is 5.97 Å². The number of carbonyl (C=O) groups is 1. The van der Waals surface area contributed by atoms with Gasteiger partial charge in [0.25, 0.3) is 10.0 Å². The first-order chi connectivity index (χ1) is 11.2. The first kappa shape index (κ1) is 17.9. The fraction of sp³-hybridized carbons (Fsp3) is 0.294. The molecule has 0 fully saturated rings. The summed E-state index contributed by atoms with van der Waals surface area (Å²) in [4.78, 5) is 15.1. The summed E-state index contributed by atoms with van der Waals surface area (Å²) in [7, 11) is -3.81.